The Kier molecular flexibility index (Phi) is 5.22. The molecule has 0 aliphatic carbocycles. The molecule has 0 fully saturated rings. The van der Waals surface area contributed by atoms with Gasteiger partial charge in [-0.3, -0.25) is 4.79 Å². The summed E-state index contributed by atoms with van der Waals surface area (Å²) in [7, 11) is -0.776. The highest BCUT2D eigenvalue weighted by Crippen LogP contribution is 2.27. The highest BCUT2D eigenvalue weighted by atomic mass is 32.2. The first kappa shape index (κ1) is 17.3. The molecule has 0 spiro atoms. The minimum absolute atomic E-state index is 0.140. The van der Waals surface area contributed by atoms with Gasteiger partial charge in [-0.25, -0.2) is 13.1 Å². The third-order valence-corrected chi connectivity index (χ3v) is 4.26. The quantitative estimate of drug-likeness (QED) is 0.896. The number of ether oxygens (including phenoxy) is 2. The molecular weight excluding hydrogens is 294 g/mol. The van der Waals surface area contributed by atoms with Gasteiger partial charge in [-0.15, -0.1) is 0 Å². The number of nitrogens with one attached hydrogen (secondary N) is 1. The van der Waals surface area contributed by atoms with Gasteiger partial charge in [0.05, 0.1) is 20.0 Å². The minimum Gasteiger partial charge on any atom is -0.493 e. The predicted octanol–water partition coefficient (Wildman–Crippen LogP) is 1.81. The maximum Gasteiger partial charge on any atom is 0.264 e. The summed E-state index contributed by atoms with van der Waals surface area (Å²) in [5.41, 5.74) is -0.255. The molecule has 1 aromatic rings. The number of amides is 1. The van der Waals surface area contributed by atoms with Gasteiger partial charge in [0.15, 0.2) is 11.5 Å². The molecule has 1 amide bonds. The predicted molar refractivity (Wildman–Crippen MR) is 80.3 cm³/mol. The Hall–Kier alpha value is -1.76. The van der Waals surface area contributed by atoms with E-state index >= 15 is 0 Å². The van der Waals surface area contributed by atoms with Crippen molar-refractivity contribution >= 4 is 15.9 Å². The third kappa shape index (κ3) is 5.26. The van der Waals surface area contributed by atoms with Crippen molar-refractivity contribution < 1.29 is 22.7 Å². The maximum atomic E-state index is 12.0. The van der Waals surface area contributed by atoms with Gasteiger partial charge < -0.3 is 9.47 Å². The molecule has 0 bridgehead atoms. The number of rotatable bonds is 5. The van der Waals surface area contributed by atoms with Crippen molar-refractivity contribution in [2.45, 2.75) is 20.8 Å². The fourth-order valence-electron chi connectivity index (χ4n) is 1.78. The lowest BCUT2D eigenvalue weighted by molar-refractivity contribution is 0.0981. The summed E-state index contributed by atoms with van der Waals surface area (Å²) in [6.07, 6.45) is 0. The lowest BCUT2D eigenvalue weighted by Gasteiger charge is -2.18. The topological polar surface area (TPSA) is 81.7 Å². The maximum absolute atomic E-state index is 12.0. The first-order chi connectivity index (χ1) is 9.58. The van der Waals surface area contributed by atoms with Crippen LogP contribution in [0.1, 0.15) is 31.1 Å². The van der Waals surface area contributed by atoms with Crippen LogP contribution in [0.5, 0.6) is 11.5 Å². The molecule has 1 aromatic carbocycles. The van der Waals surface area contributed by atoms with E-state index in [0.717, 1.165) is 0 Å². The van der Waals surface area contributed by atoms with Crippen LogP contribution < -0.4 is 14.2 Å². The molecule has 0 aromatic heterocycles. The number of sulfonamides is 1. The number of carbonyl (C=O) groups is 1. The van der Waals surface area contributed by atoms with Gasteiger partial charge in [-0.1, -0.05) is 20.8 Å². The fourth-order valence-corrected chi connectivity index (χ4v) is 3.40. The monoisotopic (exact) mass is 315 g/mol. The van der Waals surface area contributed by atoms with Crippen molar-refractivity contribution in [1.82, 2.24) is 4.72 Å². The molecule has 118 valence electrons. The van der Waals surface area contributed by atoms with Crippen LogP contribution in [0.15, 0.2) is 18.2 Å². The van der Waals surface area contributed by atoms with E-state index in [1.807, 2.05) is 0 Å². The Bertz CT molecular complexity index is 617. The Morgan fingerprint density at radius 2 is 1.71 bits per heavy atom. The van der Waals surface area contributed by atoms with Crippen LogP contribution in [0.25, 0.3) is 0 Å². The molecule has 0 atom stereocenters. The zero-order valence-electron chi connectivity index (χ0n) is 12.9. The van der Waals surface area contributed by atoms with Crippen LogP contribution in [-0.4, -0.2) is 34.3 Å². The summed E-state index contributed by atoms with van der Waals surface area (Å²) < 4.78 is 36.0. The van der Waals surface area contributed by atoms with Gasteiger partial charge >= 0.3 is 0 Å². The van der Waals surface area contributed by atoms with Crippen molar-refractivity contribution in [3.05, 3.63) is 23.8 Å². The van der Waals surface area contributed by atoms with Crippen LogP contribution >= 0.6 is 0 Å². The summed E-state index contributed by atoms with van der Waals surface area (Å²) >= 11 is 0. The Morgan fingerprint density at radius 3 is 2.19 bits per heavy atom. The van der Waals surface area contributed by atoms with E-state index in [4.69, 9.17) is 9.47 Å². The normalized spacial score (nSPS) is 11.9. The molecule has 7 heteroatoms. The minimum atomic E-state index is -3.69. The van der Waals surface area contributed by atoms with Crippen molar-refractivity contribution in [3.63, 3.8) is 0 Å². The van der Waals surface area contributed by atoms with Crippen molar-refractivity contribution in [2.75, 3.05) is 20.0 Å². The molecule has 0 saturated heterocycles. The van der Waals surface area contributed by atoms with Crippen LogP contribution in [0.3, 0.4) is 0 Å². The summed E-state index contributed by atoms with van der Waals surface area (Å²) in [4.78, 5) is 12.0. The lowest BCUT2D eigenvalue weighted by Crippen LogP contribution is -2.36. The van der Waals surface area contributed by atoms with Gasteiger partial charge in [0.25, 0.3) is 5.91 Å². The molecule has 0 radical (unpaired) electrons. The van der Waals surface area contributed by atoms with Crippen LogP contribution in [0, 0.1) is 5.41 Å². The summed E-state index contributed by atoms with van der Waals surface area (Å²) in [5, 5.41) is 0. The van der Waals surface area contributed by atoms with E-state index in [1.165, 1.54) is 26.4 Å². The number of carbonyl (C=O) groups excluding carboxylic acids is 1. The smallest absolute Gasteiger partial charge is 0.264 e. The molecular formula is C14H21NO5S. The summed E-state index contributed by atoms with van der Waals surface area (Å²) in [6.45, 7) is 5.35. The molecule has 21 heavy (non-hydrogen) atoms. The summed E-state index contributed by atoms with van der Waals surface area (Å²) in [5.74, 6) is -0.0101. The lowest BCUT2D eigenvalue weighted by atomic mass is 10.0. The van der Waals surface area contributed by atoms with E-state index in [1.54, 1.807) is 26.8 Å². The first-order valence-electron chi connectivity index (χ1n) is 6.35. The number of benzene rings is 1. The molecule has 0 saturated carbocycles. The molecule has 1 N–H and O–H groups in total. The number of hydrogen-bond donors (Lipinski definition) is 1. The molecule has 0 heterocycles. The molecule has 6 nitrogen and oxygen atoms in total. The van der Waals surface area contributed by atoms with Gasteiger partial charge in [-0.05, 0) is 23.6 Å². The van der Waals surface area contributed by atoms with Gasteiger partial charge in [0.1, 0.15) is 0 Å². The standard InChI is InChI=1S/C14H21NO5S/c1-14(2,3)9-21(17,18)15-13(16)10-6-7-11(19-4)12(8-10)20-5/h6-8H,9H2,1-5H3,(H,15,16). The summed E-state index contributed by atoms with van der Waals surface area (Å²) in [6, 6.07) is 4.45. The highest BCUT2D eigenvalue weighted by molar-refractivity contribution is 7.90. The van der Waals surface area contributed by atoms with Gasteiger partial charge in [-0.2, -0.15) is 0 Å². The highest BCUT2D eigenvalue weighted by Gasteiger charge is 2.24. The van der Waals surface area contributed by atoms with Crippen molar-refractivity contribution in [1.29, 1.82) is 0 Å². The van der Waals surface area contributed by atoms with Crippen LogP contribution in [0.4, 0.5) is 0 Å². The molecule has 1 rings (SSSR count). The molecule has 0 aliphatic heterocycles. The molecule has 0 unspecified atom stereocenters. The van der Waals surface area contributed by atoms with Crippen LogP contribution in [-0.2, 0) is 10.0 Å². The zero-order chi connectivity index (χ0) is 16.3. The van der Waals surface area contributed by atoms with Gasteiger partial charge in [0.2, 0.25) is 10.0 Å². The largest absolute Gasteiger partial charge is 0.493 e. The fraction of sp³-hybridized carbons (Fsp3) is 0.500. The van der Waals surface area contributed by atoms with Crippen molar-refractivity contribution in [3.8, 4) is 11.5 Å². The zero-order valence-corrected chi connectivity index (χ0v) is 13.7. The van der Waals surface area contributed by atoms with E-state index < -0.39 is 21.3 Å². The first-order valence-corrected chi connectivity index (χ1v) is 8.00. The second-order valence-corrected chi connectivity index (χ2v) is 7.54. The third-order valence-electron chi connectivity index (χ3n) is 2.52. The second kappa shape index (κ2) is 6.34. The van der Waals surface area contributed by atoms with Crippen LogP contribution in [0.2, 0.25) is 0 Å². The SMILES string of the molecule is COc1ccc(C(=O)NS(=O)(=O)CC(C)(C)C)cc1OC. The van der Waals surface area contributed by atoms with Crippen molar-refractivity contribution in [2.24, 2.45) is 5.41 Å². The van der Waals surface area contributed by atoms with Gasteiger partial charge in [0, 0.05) is 5.56 Å². The Morgan fingerprint density at radius 1 is 1.14 bits per heavy atom. The average molecular weight is 315 g/mol. The second-order valence-electron chi connectivity index (χ2n) is 5.82. The number of hydrogen-bond acceptors (Lipinski definition) is 5. The van der Waals surface area contributed by atoms with E-state index in [0.29, 0.717) is 11.5 Å². The Labute approximate surface area is 125 Å². The number of methoxy groups -OCH3 is 2. The average Bonchev–Trinajstić information content (AvgIpc) is 2.34. The van der Waals surface area contributed by atoms with E-state index in [2.05, 4.69) is 4.72 Å². The molecule has 0 aliphatic rings. The van der Waals surface area contributed by atoms with E-state index in [-0.39, 0.29) is 11.3 Å². The Balaban J connectivity index is 2.95. The van der Waals surface area contributed by atoms with E-state index in [9.17, 15) is 13.2 Å².